The zero-order valence-electron chi connectivity index (χ0n) is 16.4. The van der Waals surface area contributed by atoms with Crippen LogP contribution in [0.25, 0.3) is 11.1 Å². The van der Waals surface area contributed by atoms with Gasteiger partial charge in [-0.2, -0.15) is 0 Å². The van der Waals surface area contributed by atoms with Crippen molar-refractivity contribution >= 4 is 0 Å². The topological polar surface area (TPSA) is 36.9 Å². The third-order valence-electron chi connectivity index (χ3n) is 4.25. The second-order valence-corrected chi connectivity index (χ2v) is 6.44. The molecule has 0 aliphatic carbocycles. The Hall–Kier alpha value is -2.66. The molecule has 4 nitrogen and oxygen atoms in total. The standard InChI is InChI=1S/C24H26O4/c1-3-27-28-18-21-8-5-9-23(15-21)22-10-12-24(13-11-22)26-17-20-7-4-6-19(14-20)16-25-2/h4-15H,3,16-18H2,1-2H3. The minimum atomic E-state index is 0.436. The minimum absolute atomic E-state index is 0.436. The number of ether oxygens (including phenoxy) is 2. The second kappa shape index (κ2) is 10.6. The average molecular weight is 378 g/mol. The van der Waals surface area contributed by atoms with Crippen LogP contribution in [-0.4, -0.2) is 13.7 Å². The van der Waals surface area contributed by atoms with Gasteiger partial charge in [-0.15, -0.1) is 0 Å². The molecule has 3 aromatic rings. The number of benzene rings is 3. The van der Waals surface area contributed by atoms with Crippen LogP contribution in [0.1, 0.15) is 23.6 Å². The van der Waals surface area contributed by atoms with Gasteiger partial charge in [0.1, 0.15) is 19.0 Å². The van der Waals surface area contributed by atoms with Gasteiger partial charge < -0.3 is 9.47 Å². The van der Waals surface area contributed by atoms with Gasteiger partial charge in [0.15, 0.2) is 0 Å². The Morgan fingerprint density at radius 2 is 1.32 bits per heavy atom. The molecule has 4 heteroatoms. The Bertz CT molecular complexity index is 858. The molecule has 0 fully saturated rings. The Balaban J connectivity index is 1.60. The normalized spacial score (nSPS) is 10.8. The van der Waals surface area contributed by atoms with Crippen molar-refractivity contribution in [2.24, 2.45) is 0 Å². The molecule has 3 rings (SSSR count). The third kappa shape index (κ3) is 5.92. The first kappa shape index (κ1) is 20.1. The molecule has 0 spiro atoms. The summed E-state index contributed by atoms with van der Waals surface area (Å²) in [6, 6.07) is 24.6. The van der Waals surface area contributed by atoms with Crippen LogP contribution in [-0.2, 0) is 34.3 Å². The highest BCUT2D eigenvalue weighted by Crippen LogP contribution is 2.24. The van der Waals surface area contributed by atoms with Gasteiger partial charge >= 0.3 is 0 Å². The number of hydrogen-bond acceptors (Lipinski definition) is 4. The van der Waals surface area contributed by atoms with Crippen LogP contribution in [0.3, 0.4) is 0 Å². The van der Waals surface area contributed by atoms with Crippen LogP contribution in [0.2, 0.25) is 0 Å². The average Bonchev–Trinajstić information content (AvgIpc) is 2.74. The predicted octanol–water partition coefficient (Wildman–Crippen LogP) is 5.55. The van der Waals surface area contributed by atoms with Crippen molar-refractivity contribution < 1.29 is 19.2 Å². The Kier molecular flexibility index (Phi) is 7.62. The van der Waals surface area contributed by atoms with Crippen LogP contribution >= 0.6 is 0 Å². The Morgan fingerprint density at radius 3 is 2.04 bits per heavy atom. The van der Waals surface area contributed by atoms with Gasteiger partial charge in [-0.25, -0.2) is 9.78 Å². The zero-order valence-corrected chi connectivity index (χ0v) is 16.4. The lowest BCUT2D eigenvalue weighted by Gasteiger charge is -2.10. The van der Waals surface area contributed by atoms with Crippen LogP contribution in [0.4, 0.5) is 0 Å². The summed E-state index contributed by atoms with van der Waals surface area (Å²) in [7, 11) is 1.70. The minimum Gasteiger partial charge on any atom is -0.489 e. The first-order valence-electron chi connectivity index (χ1n) is 9.42. The van der Waals surface area contributed by atoms with Gasteiger partial charge in [0.2, 0.25) is 0 Å². The van der Waals surface area contributed by atoms with Crippen molar-refractivity contribution in [3.63, 3.8) is 0 Å². The summed E-state index contributed by atoms with van der Waals surface area (Å²) in [6.07, 6.45) is 0. The zero-order chi connectivity index (χ0) is 19.6. The van der Waals surface area contributed by atoms with E-state index < -0.39 is 0 Å². The summed E-state index contributed by atoms with van der Waals surface area (Å²) in [6.45, 7) is 4.01. The van der Waals surface area contributed by atoms with Crippen molar-refractivity contribution in [3.05, 3.63) is 89.5 Å². The van der Waals surface area contributed by atoms with E-state index in [1.165, 1.54) is 0 Å². The van der Waals surface area contributed by atoms with E-state index in [9.17, 15) is 0 Å². The molecule has 0 atom stereocenters. The summed E-state index contributed by atoms with van der Waals surface area (Å²) in [5, 5.41) is 0. The first-order valence-corrected chi connectivity index (χ1v) is 9.42. The largest absolute Gasteiger partial charge is 0.489 e. The molecule has 0 N–H and O–H groups in total. The number of methoxy groups -OCH3 is 1. The molecule has 0 amide bonds. The summed E-state index contributed by atoms with van der Waals surface area (Å²) in [5.41, 5.74) is 5.61. The molecule has 0 saturated heterocycles. The molecule has 0 unspecified atom stereocenters. The molecule has 0 aromatic heterocycles. The van der Waals surface area contributed by atoms with E-state index >= 15 is 0 Å². The van der Waals surface area contributed by atoms with Gasteiger partial charge in [0.25, 0.3) is 0 Å². The van der Waals surface area contributed by atoms with Crippen LogP contribution in [0.5, 0.6) is 5.75 Å². The van der Waals surface area contributed by atoms with Gasteiger partial charge in [-0.05, 0) is 52.9 Å². The first-order chi connectivity index (χ1) is 13.8. The summed E-state index contributed by atoms with van der Waals surface area (Å²) in [4.78, 5) is 10.1. The molecule has 0 radical (unpaired) electrons. The monoisotopic (exact) mass is 378 g/mol. The maximum Gasteiger partial charge on any atom is 0.119 e. The van der Waals surface area contributed by atoms with Gasteiger partial charge in [0, 0.05) is 7.11 Å². The molecular formula is C24H26O4. The fraction of sp³-hybridized carbons (Fsp3) is 0.250. The number of hydrogen-bond donors (Lipinski definition) is 0. The van der Waals surface area contributed by atoms with Gasteiger partial charge in [-0.1, -0.05) is 54.6 Å². The van der Waals surface area contributed by atoms with E-state index in [1.807, 2.05) is 37.3 Å². The molecule has 28 heavy (non-hydrogen) atoms. The van der Waals surface area contributed by atoms with E-state index in [2.05, 4.69) is 42.5 Å². The highest BCUT2D eigenvalue weighted by molar-refractivity contribution is 5.64. The lowest BCUT2D eigenvalue weighted by atomic mass is 10.0. The van der Waals surface area contributed by atoms with E-state index in [0.717, 1.165) is 33.6 Å². The lowest BCUT2D eigenvalue weighted by molar-refractivity contribution is -0.300. The van der Waals surface area contributed by atoms with Crippen molar-refractivity contribution in [3.8, 4) is 16.9 Å². The summed E-state index contributed by atoms with van der Waals surface area (Å²) < 4.78 is 11.1. The van der Waals surface area contributed by atoms with Crippen molar-refractivity contribution in [2.75, 3.05) is 13.7 Å². The molecule has 0 heterocycles. The molecule has 3 aromatic carbocycles. The predicted molar refractivity (Wildman–Crippen MR) is 110 cm³/mol. The lowest BCUT2D eigenvalue weighted by Crippen LogP contribution is -1.97. The highest BCUT2D eigenvalue weighted by atomic mass is 17.2. The van der Waals surface area contributed by atoms with Crippen LogP contribution in [0, 0.1) is 0 Å². The molecule has 0 aliphatic heterocycles. The molecular weight excluding hydrogens is 352 g/mol. The number of rotatable bonds is 10. The van der Waals surface area contributed by atoms with Gasteiger partial charge in [0.05, 0.1) is 13.2 Å². The van der Waals surface area contributed by atoms with E-state index in [4.69, 9.17) is 19.2 Å². The Labute approximate surface area is 166 Å². The molecule has 0 saturated carbocycles. The second-order valence-electron chi connectivity index (χ2n) is 6.44. The summed E-state index contributed by atoms with van der Waals surface area (Å²) in [5.74, 6) is 0.844. The van der Waals surface area contributed by atoms with Crippen LogP contribution in [0.15, 0.2) is 72.8 Å². The quantitative estimate of drug-likeness (QED) is 0.263. The van der Waals surface area contributed by atoms with E-state index in [0.29, 0.717) is 26.4 Å². The molecule has 0 bridgehead atoms. The third-order valence-corrected chi connectivity index (χ3v) is 4.25. The fourth-order valence-corrected chi connectivity index (χ4v) is 2.92. The molecule has 0 aliphatic rings. The maximum absolute atomic E-state index is 5.93. The fourth-order valence-electron chi connectivity index (χ4n) is 2.92. The van der Waals surface area contributed by atoms with Crippen molar-refractivity contribution in [2.45, 2.75) is 26.7 Å². The van der Waals surface area contributed by atoms with Crippen molar-refractivity contribution in [1.29, 1.82) is 0 Å². The van der Waals surface area contributed by atoms with E-state index in [1.54, 1.807) is 7.11 Å². The van der Waals surface area contributed by atoms with Crippen molar-refractivity contribution in [1.82, 2.24) is 0 Å². The smallest absolute Gasteiger partial charge is 0.119 e. The molecule has 146 valence electrons. The highest BCUT2D eigenvalue weighted by Gasteiger charge is 2.03. The van der Waals surface area contributed by atoms with Gasteiger partial charge in [-0.3, -0.25) is 0 Å². The maximum atomic E-state index is 5.93. The Morgan fingerprint density at radius 1 is 0.643 bits per heavy atom. The van der Waals surface area contributed by atoms with Crippen LogP contribution < -0.4 is 4.74 Å². The SMILES string of the molecule is CCOOCc1cccc(-c2ccc(OCc3cccc(COC)c3)cc2)c1. The van der Waals surface area contributed by atoms with E-state index in [-0.39, 0.29) is 0 Å². The summed E-state index contributed by atoms with van der Waals surface area (Å²) >= 11 is 0.